The van der Waals surface area contributed by atoms with Gasteiger partial charge in [0, 0.05) is 25.6 Å². The zero-order chi connectivity index (χ0) is 16.4. The van der Waals surface area contributed by atoms with Crippen molar-refractivity contribution in [2.75, 3.05) is 13.1 Å². The Balaban J connectivity index is 1.84. The van der Waals surface area contributed by atoms with Crippen molar-refractivity contribution in [1.29, 1.82) is 0 Å². The molecule has 3 nitrogen and oxygen atoms in total. The maximum absolute atomic E-state index is 13.7. The Hall–Kier alpha value is -1.79. The van der Waals surface area contributed by atoms with Gasteiger partial charge in [-0.1, -0.05) is 42.5 Å². The SMILES string of the molecule is O=S(=O)(F)C1CN(Cc2ccccc2)CC1c1ccc(F)cc1. The van der Waals surface area contributed by atoms with Crippen molar-refractivity contribution in [3.63, 3.8) is 0 Å². The summed E-state index contributed by atoms with van der Waals surface area (Å²) in [7, 11) is -4.67. The largest absolute Gasteiger partial charge is 0.307 e. The first-order chi connectivity index (χ1) is 10.9. The number of hydrogen-bond acceptors (Lipinski definition) is 3. The second kappa shape index (κ2) is 6.37. The molecule has 2 unspecified atom stereocenters. The van der Waals surface area contributed by atoms with Crippen LogP contribution in [0.3, 0.4) is 0 Å². The van der Waals surface area contributed by atoms with Gasteiger partial charge in [0.15, 0.2) is 0 Å². The van der Waals surface area contributed by atoms with Crippen LogP contribution in [0.25, 0.3) is 0 Å². The molecule has 2 aromatic rings. The van der Waals surface area contributed by atoms with E-state index >= 15 is 0 Å². The molecular weight excluding hydrogens is 320 g/mol. The lowest BCUT2D eigenvalue weighted by molar-refractivity contribution is 0.326. The third kappa shape index (κ3) is 3.76. The summed E-state index contributed by atoms with van der Waals surface area (Å²) in [5.74, 6) is -0.887. The second-order valence-electron chi connectivity index (χ2n) is 5.85. The van der Waals surface area contributed by atoms with E-state index in [0.29, 0.717) is 18.7 Å². The second-order valence-corrected chi connectivity index (χ2v) is 7.41. The molecule has 1 heterocycles. The van der Waals surface area contributed by atoms with Crippen LogP contribution in [0, 0.1) is 5.82 Å². The number of nitrogens with zero attached hydrogens (tertiary/aromatic N) is 1. The monoisotopic (exact) mass is 337 g/mol. The van der Waals surface area contributed by atoms with Gasteiger partial charge in [0.25, 0.3) is 0 Å². The van der Waals surface area contributed by atoms with E-state index in [9.17, 15) is 16.7 Å². The molecule has 2 aromatic carbocycles. The van der Waals surface area contributed by atoms with Gasteiger partial charge in [0.05, 0.1) is 0 Å². The predicted octanol–water partition coefficient (Wildman–Crippen LogP) is 3.09. The van der Waals surface area contributed by atoms with E-state index in [1.54, 1.807) is 0 Å². The van der Waals surface area contributed by atoms with Crippen molar-refractivity contribution in [2.24, 2.45) is 0 Å². The first-order valence-corrected chi connectivity index (χ1v) is 8.83. The van der Waals surface area contributed by atoms with Crippen LogP contribution in [-0.2, 0) is 16.8 Å². The minimum absolute atomic E-state index is 0.135. The van der Waals surface area contributed by atoms with Gasteiger partial charge in [-0.25, -0.2) is 4.39 Å². The van der Waals surface area contributed by atoms with Gasteiger partial charge in [-0.2, -0.15) is 8.42 Å². The highest BCUT2D eigenvalue weighted by Crippen LogP contribution is 2.33. The van der Waals surface area contributed by atoms with Crippen LogP contribution in [0.5, 0.6) is 0 Å². The van der Waals surface area contributed by atoms with Gasteiger partial charge < -0.3 is 0 Å². The summed E-state index contributed by atoms with van der Waals surface area (Å²) in [5.41, 5.74) is 1.69. The molecule has 1 aliphatic heterocycles. The van der Waals surface area contributed by atoms with E-state index in [1.165, 1.54) is 24.3 Å². The van der Waals surface area contributed by atoms with E-state index in [1.807, 2.05) is 35.2 Å². The standard InChI is InChI=1S/C17H17F2NO2S/c18-15-8-6-14(7-9-15)16-11-20(12-17(16)23(19,21)22)10-13-4-2-1-3-5-13/h1-9,16-17H,10-12H2. The molecule has 122 valence electrons. The minimum atomic E-state index is -4.67. The quantitative estimate of drug-likeness (QED) is 0.805. The van der Waals surface area contributed by atoms with Crippen molar-refractivity contribution in [1.82, 2.24) is 4.90 Å². The molecule has 0 spiro atoms. The Bertz CT molecular complexity index is 763. The lowest BCUT2D eigenvalue weighted by atomic mass is 9.98. The molecule has 0 aliphatic carbocycles. The summed E-state index contributed by atoms with van der Waals surface area (Å²) in [4.78, 5) is 1.92. The fraction of sp³-hybridized carbons (Fsp3) is 0.294. The fourth-order valence-corrected chi connectivity index (χ4v) is 4.16. The first kappa shape index (κ1) is 16.1. The molecule has 1 aliphatic rings. The number of rotatable bonds is 4. The van der Waals surface area contributed by atoms with E-state index in [4.69, 9.17) is 0 Å². The van der Waals surface area contributed by atoms with Gasteiger partial charge >= 0.3 is 10.2 Å². The van der Waals surface area contributed by atoms with Gasteiger partial charge in [0.2, 0.25) is 0 Å². The minimum Gasteiger partial charge on any atom is -0.297 e. The van der Waals surface area contributed by atoms with Crippen LogP contribution in [0.4, 0.5) is 8.28 Å². The highest BCUT2D eigenvalue weighted by molar-refractivity contribution is 7.87. The summed E-state index contributed by atoms with van der Waals surface area (Å²) < 4.78 is 49.8. The first-order valence-electron chi connectivity index (χ1n) is 7.39. The van der Waals surface area contributed by atoms with Crippen molar-refractivity contribution < 1.29 is 16.7 Å². The third-order valence-electron chi connectivity index (χ3n) is 4.25. The smallest absolute Gasteiger partial charge is 0.297 e. The molecule has 6 heteroatoms. The average Bonchev–Trinajstić information content (AvgIpc) is 2.93. The number of benzene rings is 2. The maximum atomic E-state index is 13.7. The van der Waals surface area contributed by atoms with Gasteiger partial charge in [-0.05, 0) is 23.3 Å². The molecule has 0 radical (unpaired) electrons. The van der Waals surface area contributed by atoms with Crippen LogP contribution in [0.1, 0.15) is 17.0 Å². The molecule has 23 heavy (non-hydrogen) atoms. The summed E-state index contributed by atoms with van der Waals surface area (Å²) in [6.45, 7) is 1.12. The summed E-state index contributed by atoms with van der Waals surface area (Å²) in [5, 5.41) is -1.11. The molecular formula is C17H17F2NO2S. The van der Waals surface area contributed by atoms with Gasteiger partial charge in [-0.15, -0.1) is 3.89 Å². The topological polar surface area (TPSA) is 37.4 Å². The molecule has 2 atom stereocenters. The molecule has 3 rings (SSSR count). The Morgan fingerprint density at radius 2 is 1.65 bits per heavy atom. The summed E-state index contributed by atoms with van der Waals surface area (Å²) in [6, 6.07) is 15.2. The van der Waals surface area contributed by atoms with Crippen molar-refractivity contribution in [2.45, 2.75) is 17.7 Å². The molecule has 1 saturated heterocycles. The third-order valence-corrected chi connectivity index (χ3v) is 5.45. The normalized spacial score (nSPS) is 22.3. The van der Waals surface area contributed by atoms with Crippen LogP contribution in [-0.4, -0.2) is 31.7 Å². The fourth-order valence-electron chi connectivity index (χ4n) is 3.14. The number of halogens is 2. The van der Waals surface area contributed by atoms with Crippen LogP contribution in [0.2, 0.25) is 0 Å². The van der Waals surface area contributed by atoms with Gasteiger partial charge in [-0.3, -0.25) is 4.90 Å². The lowest BCUT2D eigenvalue weighted by Crippen LogP contribution is -2.26. The molecule has 1 fully saturated rings. The maximum Gasteiger partial charge on any atom is 0.307 e. The Morgan fingerprint density at radius 3 is 2.26 bits per heavy atom. The Kier molecular flexibility index (Phi) is 4.46. The average molecular weight is 337 g/mol. The molecule has 0 N–H and O–H groups in total. The molecule has 0 saturated carbocycles. The van der Waals surface area contributed by atoms with Crippen LogP contribution in [0.15, 0.2) is 54.6 Å². The highest BCUT2D eigenvalue weighted by atomic mass is 32.3. The van der Waals surface area contributed by atoms with E-state index < -0.39 is 27.2 Å². The van der Waals surface area contributed by atoms with Crippen molar-refractivity contribution in [3.8, 4) is 0 Å². The zero-order valence-electron chi connectivity index (χ0n) is 12.4. The summed E-state index contributed by atoms with van der Waals surface area (Å²) >= 11 is 0. The lowest BCUT2D eigenvalue weighted by Gasteiger charge is -2.16. The number of likely N-dealkylation sites (tertiary alicyclic amines) is 1. The highest BCUT2D eigenvalue weighted by Gasteiger charge is 2.42. The Morgan fingerprint density at radius 1 is 1.00 bits per heavy atom. The molecule has 0 bridgehead atoms. The zero-order valence-corrected chi connectivity index (χ0v) is 13.2. The van der Waals surface area contributed by atoms with E-state index in [-0.39, 0.29) is 6.54 Å². The molecule has 0 aromatic heterocycles. The predicted molar refractivity (Wildman–Crippen MR) is 84.7 cm³/mol. The van der Waals surface area contributed by atoms with E-state index in [0.717, 1.165) is 5.56 Å². The van der Waals surface area contributed by atoms with E-state index in [2.05, 4.69) is 0 Å². The molecule has 0 amide bonds. The van der Waals surface area contributed by atoms with Crippen molar-refractivity contribution >= 4 is 10.2 Å². The number of hydrogen-bond donors (Lipinski definition) is 0. The van der Waals surface area contributed by atoms with Crippen molar-refractivity contribution in [3.05, 3.63) is 71.5 Å². The summed E-state index contributed by atoms with van der Waals surface area (Å²) in [6.07, 6.45) is 0. The van der Waals surface area contributed by atoms with Gasteiger partial charge in [0.1, 0.15) is 11.1 Å². The van der Waals surface area contributed by atoms with Crippen LogP contribution >= 0.6 is 0 Å². The Labute approximate surface area is 134 Å². The van der Waals surface area contributed by atoms with Crippen LogP contribution < -0.4 is 0 Å².